The number of nitrogens with one attached hydrogen (secondary N) is 1. The molecule has 0 aromatic heterocycles. The lowest BCUT2D eigenvalue weighted by Crippen LogP contribution is -2.41. The number of nitrogens with zero attached hydrogens (tertiary/aromatic N) is 2. The van der Waals surface area contributed by atoms with Gasteiger partial charge in [-0.05, 0) is 61.3 Å². The molecule has 2 saturated carbocycles. The Morgan fingerprint density at radius 1 is 0.960 bits per heavy atom. The van der Waals surface area contributed by atoms with Gasteiger partial charge in [-0.2, -0.15) is 5.10 Å². The lowest BCUT2D eigenvalue weighted by Gasteiger charge is -2.36. The highest BCUT2D eigenvalue weighted by molar-refractivity contribution is 6.07. The van der Waals surface area contributed by atoms with Gasteiger partial charge in [0.05, 0.1) is 5.71 Å². The number of fused-ring (bicyclic) bond motifs is 2. The summed E-state index contributed by atoms with van der Waals surface area (Å²) < 4.78 is 0. The first-order valence-electron chi connectivity index (χ1n) is 10.0. The SMILES string of the molecule is O=C1NN=C(c2ccc3c(c2)CCN(C2CCC2)CC3)C2CCCC12. The van der Waals surface area contributed by atoms with E-state index in [1.807, 2.05) is 0 Å². The highest BCUT2D eigenvalue weighted by atomic mass is 16.2. The first-order valence-corrected chi connectivity index (χ1v) is 10.0. The number of hydrogen-bond acceptors (Lipinski definition) is 3. The Morgan fingerprint density at radius 2 is 1.72 bits per heavy atom. The minimum atomic E-state index is 0.122. The van der Waals surface area contributed by atoms with E-state index in [0.29, 0.717) is 5.92 Å². The van der Waals surface area contributed by atoms with Gasteiger partial charge in [0, 0.05) is 31.0 Å². The summed E-state index contributed by atoms with van der Waals surface area (Å²) in [6, 6.07) is 7.76. The number of hydrogen-bond donors (Lipinski definition) is 1. The summed E-state index contributed by atoms with van der Waals surface area (Å²) in [6.07, 6.45) is 9.76. The minimum absolute atomic E-state index is 0.122. The van der Waals surface area contributed by atoms with E-state index < -0.39 is 0 Å². The molecule has 132 valence electrons. The van der Waals surface area contributed by atoms with Crippen molar-refractivity contribution in [3.63, 3.8) is 0 Å². The van der Waals surface area contributed by atoms with Crippen LogP contribution in [0, 0.1) is 11.8 Å². The molecule has 2 aliphatic carbocycles. The van der Waals surface area contributed by atoms with Crippen molar-refractivity contribution in [2.24, 2.45) is 16.9 Å². The Hall–Kier alpha value is -1.68. The highest BCUT2D eigenvalue weighted by Gasteiger charge is 2.39. The zero-order valence-electron chi connectivity index (χ0n) is 14.8. The lowest BCUT2D eigenvalue weighted by molar-refractivity contribution is -0.125. The van der Waals surface area contributed by atoms with E-state index in [-0.39, 0.29) is 11.8 Å². The third kappa shape index (κ3) is 2.71. The molecule has 1 amide bonds. The Labute approximate surface area is 149 Å². The molecule has 2 fully saturated rings. The molecule has 2 heterocycles. The monoisotopic (exact) mass is 337 g/mol. The fourth-order valence-electron chi connectivity index (χ4n) is 5.18. The molecular weight excluding hydrogens is 310 g/mol. The van der Waals surface area contributed by atoms with Gasteiger partial charge in [0.2, 0.25) is 5.91 Å². The molecule has 5 rings (SSSR count). The molecule has 2 atom stereocenters. The molecule has 25 heavy (non-hydrogen) atoms. The van der Waals surface area contributed by atoms with Crippen LogP contribution >= 0.6 is 0 Å². The average molecular weight is 337 g/mol. The second-order valence-electron chi connectivity index (χ2n) is 8.22. The number of carbonyl (C=O) groups excluding carboxylic acids is 1. The topological polar surface area (TPSA) is 44.7 Å². The molecule has 1 aromatic carbocycles. The summed E-state index contributed by atoms with van der Waals surface area (Å²) in [6.45, 7) is 2.40. The maximum atomic E-state index is 12.0. The molecule has 1 N–H and O–H groups in total. The summed E-state index contributed by atoms with van der Waals surface area (Å²) >= 11 is 0. The fourth-order valence-corrected chi connectivity index (χ4v) is 5.18. The maximum absolute atomic E-state index is 12.0. The Kier molecular flexibility index (Phi) is 3.89. The predicted molar refractivity (Wildman–Crippen MR) is 98.6 cm³/mol. The third-order valence-corrected chi connectivity index (χ3v) is 6.92. The quantitative estimate of drug-likeness (QED) is 0.902. The number of amides is 1. The molecule has 0 spiro atoms. The van der Waals surface area contributed by atoms with Crippen molar-refractivity contribution in [3.05, 3.63) is 34.9 Å². The smallest absolute Gasteiger partial charge is 0.243 e. The Bertz CT molecular complexity index is 722. The van der Waals surface area contributed by atoms with Crippen LogP contribution in [-0.2, 0) is 17.6 Å². The Morgan fingerprint density at radius 3 is 2.52 bits per heavy atom. The summed E-state index contributed by atoms with van der Waals surface area (Å²) in [7, 11) is 0. The second kappa shape index (κ2) is 6.24. The van der Waals surface area contributed by atoms with Crippen molar-refractivity contribution in [3.8, 4) is 0 Å². The van der Waals surface area contributed by atoms with E-state index >= 15 is 0 Å². The summed E-state index contributed by atoms with van der Waals surface area (Å²) in [4.78, 5) is 14.7. The molecule has 2 unspecified atom stereocenters. The van der Waals surface area contributed by atoms with Crippen LogP contribution in [0.25, 0.3) is 0 Å². The average Bonchev–Trinajstić information content (AvgIpc) is 2.98. The molecular formula is C21H27N3O. The van der Waals surface area contributed by atoms with Crippen molar-refractivity contribution >= 4 is 11.6 Å². The van der Waals surface area contributed by atoms with Gasteiger partial charge in [-0.3, -0.25) is 9.69 Å². The zero-order valence-corrected chi connectivity index (χ0v) is 14.8. The van der Waals surface area contributed by atoms with Crippen molar-refractivity contribution in [1.82, 2.24) is 10.3 Å². The van der Waals surface area contributed by atoms with E-state index in [9.17, 15) is 4.79 Å². The van der Waals surface area contributed by atoms with E-state index in [1.165, 1.54) is 55.5 Å². The highest BCUT2D eigenvalue weighted by Crippen LogP contribution is 2.37. The molecule has 0 radical (unpaired) electrons. The van der Waals surface area contributed by atoms with E-state index in [4.69, 9.17) is 0 Å². The van der Waals surface area contributed by atoms with Gasteiger partial charge in [-0.25, -0.2) is 5.43 Å². The van der Waals surface area contributed by atoms with E-state index in [0.717, 1.165) is 37.4 Å². The third-order valence-electron chi connectivity index (χ3n) is 6.92. The molecule has 1 aromatic rings. The molecule has 0 saturated heterocycles. The van der Waals surface area contributed by atoms with Gasteiger partial charge in [-0.1, -0.05) is 25.0 Å². The summed E-state index contributed by atoms with van der Waals surface area (Å²) in [5.74, 6) is 0.585. The molecule has 4 aliphatic rings. The number of carbonyl (C=O) groups is 1. The molecule has 2 aliphatic heterocycles. The van der Waals surface area contributed by atoms with Gasteiger partial charge < -0.3 is 0 Å². The van der Waals surface area contributed by atoms with E-state index in [2.05, 4.69) is 33.6 Å². The van der Waals surface area contributed by atoms with Gasteiger partial charge in [0.1, 0.15) is 0 Å². The van der Waals surface area contributed by atoms with Crippen LogP contribution in [0.1, 0.15) is 55.2 Å². The van der Waals surface area contributed by atoms with Crippen molar-refractivity contribution in [2.75, 3.05) is 13.1 Å². The van der Waals surface area contributed by atoms with Crippen LogP contribution in [0.15, 0.2) is 23.3 Å². The summed E-state index contributed by atoms with van der Waals surface area (Å²) in [5.41, 5.74) is 8.12. The normalized spacial score (nSPS) is 29.9. The minimum Gasteiger partial charge on any atom is -0.300 e. The van der Waals surface area contributed by atoms with Crippen LogP contribution in [0.5, 0.6) is 0 Å². The van der Waals surface area contributed by atoms with Crippen molar-refractivity contribution in [1.29, 1.82) is 0 Å². The lowest BCUT2D eigenvalue weighted by atomic mass is 9.85. The fraction of sp³-hybridized carbons (Fsp3) is 0.619. The zero-order chi connectivity index (χ0) is 16.8. The molecule has 4 nitrogen and oxygen atoms in total. The second-order valence-corrected chi connectivity index (χ2v) is 8.22. The van der Waals surface area contributed by atoms with Gasteiger partial charge in [-0.15, -0.1) is 0 Å². The van der Waals surface area contributed by atoms with Crippen LogP contribution in [0.4, 0.5) is 0 Å². The number of rotatable bonds is 2. The summed E-state index contributed by atoms with van der Waals surface area (Å²) in [5, 5.41) is 4.47. The van der Waals surface area contributed by atoms with Crippen LogP contribution < -0.4 is 5.43 Å². The van der Waals surface area contributed by atoms with Crippen molar-refractivity contribution in [2.45, 2.75) is 57.4 Å². The van der Waals surface area contributed by atoms with Crippen LogP contribution in [0.3, 0.4) is 0 Å². The van der Waals surface area contributed by atoms with Crippen LogP contribution in [-0.4, -0.2) is 35.7 Å². The van der Waals surface area contributed by atoms with Gasteiger partial charge >= 0.3 is 0 Å². The molecule has 0 bridgehead atoms. The van der Waals surface area contributed by atoms with Crippen LogP contribution in [0.2, 0.25) is 0 Å². The first-order chi connectivity index (χ1) is 12.3. The maximum Gasteiger partial charge on any atom is 0.243 e. The predicted octanol–water partition coefficient (Wildman–Crippen LogP) is 2.89. The van der Waals surface area contributed by atoms with Gasteiger partial charge in [0.15, 0.2) is 0 Å². The number of hydrazone groups is 1. The van der Waals surface area contributed by atoms with Crippen molar-refractivity contribution < 1.29 is 4.79 Å². The first kappa shape index (κ1) is 15.6. The van der Waals surface area contributed by atoms with Gasteiger partial charge in [0.25, 0.3) is 0 Å². The Balaban J connectivity index is 1.40. The van der Waals surface area contributed by atoms with E-state index in [1.54, 1.807) is 0 Å². The standard InChI is InChI=1S/C21H27N3O/c25-21-19-6-2-5-18(19)20(22-23-21)16-8-7-14-9-11-24(17-3-1-4-17)12-10-15(14)13-16/h7-8,13,17-19H,1-6,9-12H2,(H,23,25). The number of benzene rings is 1. The largest absolute Gasteiger partial charge is 0.300 e. The molecule has 4 heteroatoms.